The number of nitrogens with one attached hydrogen (secondary N) is 1. The van der Waals surface area contributed by atoms with Crippen LogP contribution in [0.1, 0.15) is 16.2 Å². The van der Waals surface area contributed by atoms with Gasteiger partial charge in [0.1, 0.15) is 16.3 Å². The number of hydrogen-bond acceptors (Lipinski definition) is 6. The second-order valence-electron chi connectivity index (χ2n) is 4.06. The van der Waals surface area contributed by atoms with E-state index in [1.54, 1.807) is 12.1 Å². The van der Waals surface area contributed by atoms with Crippen molar-refractivity contribution in [1.29, 1.82) is 0 Å². The molecule has 0 aliphatic rings. The van der Waals surface area contributed by atoms with Gasteiger partial charge in [0.25, 0.3) is 0 Å². The second-order valence-corrected chi connectivity index (χ2v) is 5.79. The van der Waals surface area contributed by atoms with Gasteiger partial charge in [0, 0.05) is 0 Å². The van der Waals surface area contributed by atoms with Crippen molar-refractivity contribution in [3.63, 3.8) is 0 Å². The van der Waals surface area contributed by atoms with E-state index in [-0.39, 0.29) is 22.8 Å². The molecular weight excluding hydrogens is 294 g/mol. The quantitative estimate of drug-likeness (QED) is 0.646. The molecule has 1 heterocycles. The lowest BCUT2D eigenvalue weighted by atomic mass is 10.3. The van der Waals surface area contributed by atoms with Crippen LogP contribution in [0.4, 0.5) is 5.69 Å². The maximum absolute atomic E-state index is 12.1. The number of rotatable bonds is 6. The molecule has 1 N–H and O–H groups in total. The fourth-order valence-electron chi connectivity index (χ4n) is 1.67. The monoisotopic (exact) mass is 305 g/mol. The smallest absolute Gasteiger partial charge is 0.243 e. The highest BCUT2D eigenvalue weighted by Crippen LogP contribution is 2.23. The summed E-state index contributed by atoms with van der Waals surface area (Å²) in [5, 5.41) is 2.69. The maximum Gasteiger partial charge on any atom is 0.243 e. The van der Waals surface area contributed by atoms with Gasteiger partial charge in [-0.1, -0.05) is 18.2 Å². The average Bonchev–Trinajstić information content (AvgIpc) is 2.53. The third-order valence-corrected chi connectivity index (χ3v) is 4.09. The summed E-state index contributed by atoms with van der Waals surface area (Å²) in [4.78, 5) is 25.0. The Bertz CT molecular complexity index is 774. The molecule has 108 valence electrons. The van der Waals surface area contributed by atoms with Gasteiger partial charge in [-0.15, -0.1) is 4.91 Å². The van der Waals surface area contributed by atoms with Gasteiger partial charge in [-0.2, -0.15) is 0 Å². The topological polar surface area (TPSA) is 106 Å². The highest BCUT2D eigenvalue weighted by molar-refractivity contribution is 7.89. The molecule has 0 amide bonds. The zero-order valence-corrected chi connectivity index (χ0v) is 11.6. The highest BCUT2D eigenvalue weighted by atomic mass is 32.2. The summed E-state index contributed by atoms with van der Waals surface area (Å²) < 4.78 is 26.6. The van der Waals surface area contributed by atoms with Gasteiger partial charge in [-0.3, -0.25) is 4.79 Å². The van der Waals surface area contributed by atoms with Crippen molar-refractivity contribution in [2.45, 2.75) is 11.4 Å². The summed E-state index contributed by atoms with van der Waals surface area (Å²) in [6, 6.07) is 10.3. The van der Waals surface area contributed by atoms with Gasteiger partial charge in [0.15, 0.2) is 6.29 Å². The Morgan fingerprint density at radius 3 is 2.62 bits per heavy atom. The SMILES string of the molecule is O=Cc1cccc(CNS(=O)(=O)c2ccccc2N=O)n1. The molecule has 7 nitrogen and oxygen atoms in total. The fourth-order valence-corrected chi connectivity index (χ4v) is 2.80. The van der Waals surface area contributed by atoms with Crippen molar-refractivity contribution in [3.8, 4) is 0 Å². The molecule has 0 atom stereocenters. The summed E-state index contributed by atoms with van der Waals surface area (Å²) in [7, 11) is -3.89. The normalized spacial score (nSPS) is 11.0. The van der Waals surface area contributed by atoms with Crippen molar-refractivity contribution in [1.82, 2.24) is 9.71 Å². The Morgan fingerprint density at radius 2 is 1.90 bits per heavy atom. The van der Waals surface area contributed by atoms with Crippen LogP contribution in [0, 0.1) is 4.91 Å². The third kappa shape index (κ3) is 3.56. The Labute approximate surface area is 121 Å². The van der Waals surface area contributed by atoms with Crippen molar-refractivity contribution in [2.24, 2.45) is 5.18 Å². The molecular formula is C13H11N3O4S. The molecule has 2 aromatic rings. The molecule has 0 aliphatic carbocycles. The molecule has 0 unspecified atom stereocenters. The first-order chi connectivity index (χ1) is 10.1. The lowest BCUT2D eigenvalue weighted by molar-refractivity contribution is 0.111. The minimum absolute atomic E-state index is 0.1000. The zero-order chi connectivity index (χ0) is 15.3. The summed E-state index contributed by atoms with van der Waals surface area (Å²) in [5.41, 5.74) is 0.431. The first kappa shape index (κ1) is 14.9. The first-order valence-electron chi connectivity index (χ1n) is 5.90. The summed E-state index contributed by atoms with van der Waals surface area (Å²) in [5.74, 6) is 0. The molecule has 0 saturated carbocycles. The summed E-state index contributed by atoms with van der Waals surface area (Å²) >= 11 is 0. The van der Waals surface area contributed by atoms with Crippen molar-refractivity contribution >= 4 is 22.0 Å². The van der Waals surface area contributed by atoms with Gasteiger partial charge in [0.05, 0.1) is 12.2 Å². The average molecular weight is 305 g/mol. The molecule has 0 saturated heterocycles. The number of nitrogens with zero attached hydrogens (tertiary/aromatic N) is 2. The standard InChI is InChI=1S/C13H11N3O4S/c17-9-11-5-3-4-10(15-11)8-14-21(19,20)13-7-2-1-6-12(13)16-18/h1-7,9,14H,8H2. The number of benzene rings is 1. The Hall–Kier alpha value is -2.45. The predicted octanol–water partition coefficient (Wildman–Crippen LogP) is 1.77. The van der Waals surface area contributed by atoms with Crippen LogP contribution in [0.15, 0.2) is 52.5 Å². The van der Waals surface area contributed by atoms with Gasteiger partial charge in [-0.05, 0) is 29.4 Å². The van der Waals surface area contributed by atoms with Crippen molar-refractivity contribution in [3.05, 3.63) is 58.8 Å². The van der Waals surface area contributed by atoms with Crippen molar-refractivity contribution in [2.75, 3.05) is 0 Å². The minimum atomic E-state index is -3.89. The van der Waals surface area contributed by atoms with Crippen LogP contribution in [0.5, 0.6) is 0 Å². The van der Waals surface area contributed by atoms with Crippen LogP contribution in [-0.4, -0.2) is 19.7 Å². The molecule has 1 aromatic heterocycles. The molecule has 0 fully saturated rings. The van der Waals surface area contributed by atoms with Crippen molar-refractivity contribution < 1.29 is 13.2 Å². The molecule has 0 aliphatic heterocycles. The van der Waals surface area contributed by atoms with E-state index in [2.05, 4.69) is 14.9 Å². The van der Waals surface area contributed by atoms with Crippen LogP contribution in [-0.2, 0) is 16.6 Å². The van der Waals surface area contributed by atoms with E-state index < -0.39 is 10.0 Å². The number of hydrogen-bond donors (Lipinski definition) is 1. The largest absolute Gasteiger partial charge is 0.296 e. The number of carbonyl (C=O) groups is 1. The van der Waals surface area contributed by atoms with Gasteiger partial charge in [-0.25, -0.2) is 18.1 Å². The molecule has 0 radical (unpaired) electrons. The zero-order valence-electron chi connectivity index (χ0n) is 10.8. The van der Waals surface area contributed by atoms with E-state index in [1.165, 1.54) is 30.3 Å². The van der Waals surface area contributed by atoms with E-state index in [0.717, 1.165) is 0 Å². The maximum atomic E-state index is 12.1. The molecule has 21 heavy (non-hydrogen) atoms. The number of sulfonamides is 1. The molecule has 0 spiro atoms. The summed E-state index contributed by atoms with van der Waals surface area (Å²) in [6.45, 7) is -0.1000. The molecule has 2 rings (SSSR count). The number of carbonyl (C=O) groups excluding carboxylic acids is 1. The van der Waals surface area contributed by atoms with Gasteiger partial charge < -0.3 is 0 Å². The Morgan fingerprint density at radius 1 is 1.14 bits per heavy atom. The molecule has 1 aromatic carbocycles. The lowest BCUT2D eigenvalue weighted by Gasteiger charge is -2.07. The highest BCUT2D eigenvalue weighted by Gasteiger charge is 2.18. The van der Waals surface area contributed by atoms with Crippen LogP contribution in [0.25, 0.3) is 0 Å². The van der Waals surface area contributed by atoms with Crippen LogP contribution >= 0.6 is 0 Å². The van der Waals surface area contributed by atoms with Crippen LogP contribution in [0.3, 0.4) is 0 Å². The number of nitroso groups, excluding NO2 is 1. The van der Waals surface area contributed by atoms with Gasteiger partial charge in [0.2, 0.25) is 10.0 Å². The fraction of sp³-hybridized carbons (Fsp3) is 0.0769. The lowest BCUT2D eigenvalue weighted by Crippen LogP contribution is -2.24. The van der Waals surface area contributed by atoms with E-state index in [4.69, 9.17) is 0 Å². The second kappa shape index (κ2) is 6.33. The van der Waals surface area contributed by atoms with E-state index in [1.807, 2.05) is 0 Å². The third-order valence-electron chi connectivity index (χ3n) is 2.65. The number of aromatic nitrogens is 1. The van der Waals surface area contributed by atoms with Crippen LogP contribution in [0.2, 0.25) is 0 Å². The number of aldehydes is 1. The Kier molecular flexibility index (Phi) is 4.51. The first-order valence-corrected chi connectivity index (χ1v) is 7.38. The van der Waals surface area contributed by atoms with Crippen LogP contribution < -0.4 is 4.72 Å². The van der Waals surface area contributed by atoms with E-state index in [0.29, 0.717) is 12.0 Å². The predicted molar refractivity (Wildman–Crippen MR) is 75.5 cm³/mol. The molecule has 8 heteroatoms. The Balaban J connectivity index is 2.21. The van der Waals surface area contributed by atoms with Gasteiger partial charge >= 0.3 is 0 Å². The minimum Gasteiger partial charge on any atom is -0.296 e. The summed E-state index contributed by atoms with van der Waals surface area (Å²) in [6.07, 6.45) is 0.573. The molecule has 0 bridgehead atoms. The van der Waals surface area contributed by atoms with E-state index >= 15 is 0 Å². The van der Waals surface area contributed by atoms with E-state index in [9.17, 15) is 18.1 Å². The number of pyridine rings is 1.